The SMILES string of the molecule is C[C@@H](CC(=O)c1ccc2c(n1)N(C(=O)Nc1ncco1)[C@H]1CCN2C1)C(F)(F)F.C[C@@H](CC(=O)c1ccc2c(n1)N(C(=O)Oc1ccccc1)[C@H]1CCN2C1)C(F)(F)F.Nc1ncco1. The number of carbonyl (C=O) groups is 4. The topological polar surface area (TPSA) is 206 Å². The molecule has 0 aliphatic carbocycles. The molecule has 1 aromatic carbocycles. The highest BCUT2D eigenvalue weighted by atomic mass is 19.4. The predicted octanol–water partition coefficient (Wildman–Crippen LogP) is 8.18. The number of oxazole rings is 2. The number of hydrogen-bond acceptors (Lipinski definition) is 14. The molecule has 5 aromatic rings. The Balaban J connectivity index is 0.000000172. The van der Waals surface area contributed by atoms with Crippen LogP contribution in [0.3, 0.4) is 0 Å². The number of hydrogen-bond donors (Lipinski definition) is 2. The van der Waals surface area contributed by atoms with Gasteiger partial charge in [-0.05, 0) is 49.2 Å². The van der Waals surface area contributed by atoms with Gasteiger partial charge in [-0.1, -0.05) is 32.0 Å². The minimum Gasteiger partial charge on any atom is -0.432 e. The van der Waals surface area contributed by atoms with Gasteiger partial charge in [0.05, 0.1) is 47.7 Å². The van der Waals surface area contributed by atoms with Crippen LogP contribution in [0, 0.1) is 11.8 Å². The minimum atomic E-state index is -4.46. The Morgan fingerprint density at radius 2 is 1.25 bits per heavy atom. The van der Waals surface area contributed by atoms with Gasteiger partial charge in [0.25, 0.3) is 6.01 Å². The van der Waals surface area contributed by atoms with E-state index < -0.39 is 60.7 Å². The Morgan fingerprint density at radius 3 is 1.71 bits per heavy atom. The standard InChI is InChI=1S/C21H20F3N3O3.C18H18F3N5O3.C3H4N2O/c1-13(21(22,23)24)11-18(28)16-7-8-17-19(25-16)27(14-9-10-26(17)12-14)20(29)30-15-5-3-2-4-6-15;1-10(18(19,20)21)8-14(27)12-2-3-13-15(23-12)26(11-4-6-25(13)9-11)17(28)24-16-22-5-7-29-16;4-3-5-1-2-6-3/h2-8,13-14H,9-12H2,1H3;2-3,5,7,10-11H,4,6,8-9H2,1H3,(H,22,24,28);1-2H,(H2,4,5)/t13-,14-;10-,11-;/m00./s1. The number of Topliss-reactive ketones (excluding diaryl/α,β-unsaturated/α-hetero) is 2. The average Bonchev–Trinajstić information content (AvgIpc) is 4.11. The second-order valence-corrected chi connectivity index (χ2v) is 15.6. The number of ketones is 2. The first-order valence-corrected chi connectivity index (χ1v) is 20.3. The summed E-state index contributed by atoms with van der Waals surface area (Å²) in [7, 11) is 0. The van der Waals surface area contributed by atoms with E-state index in [0.717, 1.165) is 13.8 Å². The van der Waals surface area contributed by atoms with Crippen molar-refractivity contribution < 1.29 is 59.1 Å². The van der Waals surface area contributed by atoms with Gasteiger partial charge < -0.3 is 29.1 Å². The number of anilines is 6. The molecule has 4 aliphatic heterocycles. The van der Waals surface area contributed by atoms with E-state index in [1.54, 1.807) is 42.5 Å². The number of carbonyl (C=O) groups excluding carboxylic acids is 4. The lowest BCUT2D eigenvalue weighted by Gasteiger charge is -2.35. The molecule has 0 saturated carbocycles. The number of nitrogens with one attached hydrogen (secondary N) is 1. The van der Waals surface area contributed by atoms with Crippen LogP contribution in [0.15, 0.2) is 88.4 Å². The Labute approximate surface area is 366 Å². The van der Waals surface area contributed by atoms with E-state index in [4.69, 9.17) is 14.9 Å². The summed E-state index contributed by atoms with van der Waals surface area (Å²) >= 11 is 0. The van der Waals surface area contributed by atoms with E-state index in [1.165, 1.54) is 46.9 Å². The lowest BCUT2D eigenvalue weighted by molar-refractivity contribution is -0.169. The lowest BCUT2D eigenvalue weighted by atomic mass is 10.0. The number of nitrogens with zero attached hydrogens (tertiary/aromatic N) is 8. The molecule has 3 N–H and O–H groups in total. The molecule has 4 atom stereocenters. The number of halogens is 6. The number of ether oxygens (including phenoxy) is 1. The van der Waals surface area contributed by atoms with Crippen molar-refractivity contribution in [3.05, 3.63) is 90.9 Å². The molecule has 4 aliphatic rings. The number of nitrogen functional groups attached to an aromatic ring is 1. The molecule has 0 spiro atoms. The third-order valence-electron chi connectivity index (χ3n) is 11.0. The number of alkyl halides is 6. The maximum atomic E-state index is 12.9. The van der Waals surface area contributed by atoms with Crippen molar-refractivity contribution in [1.82, 2.24) is 19.9 Å². The quantitative estimate of drug-likeness (QED) is 0.111. The fourth-order valence-electron chi connectivity index (χ4n) is 7.53. The minimum absolute atomic E-state index is 0.0169. The first-order chi connectivity index (χ1) is 30.9. The second-order valence-electron chi connectivity index (χ2n) is 15.6. The van der Waals surface area contributed by atoms with Crippen molar-refractivity contribution in [2.45, 2.75) is 64.0 Å². The molecule has 2 fully saturated rings. The fourth-order valence-corrected chi connectivity index (χ4v) is 7.53. The summed E-state index contributed by atoms with van der Waals surface area (Å²) in [5.74, 6) is -4.14. The van der Waals surface area contributed by atoms with Crippen LogP contribution in [-0.4, -0.2) is 94.2 Å². The van der Waals surface area contributed by atoms with Crippen molar-refractivity contribution >= 4 is 58.7 Å². The highest BCUT2D eigenvalue weighted by Crippen LogP contribution is 2.41. The van der Waals surface area contributed by atoms with Crippen LogP contribution in [0.1, 0.15) is 60.5 Å². The van der Waals surface area contributed by atoms with Gasteiger partial charge in [-0.2, -0.15) is 26.3 Å². The lowest BCUT2D eigenvalue weighted by Crippen LogP contribution is -2.48. The Bertz CT molecular complexity index is 2470. The summed E-state index contributed by atoms with van der Waals surface area (Å²) in [5, 5.41) is 2.53. The van der Waals surface area contributed by atoms with Crippen molar-refractivity contribution in [1.29, 1.82) is 0 Å². The van der Waals surface area contributed by atoms with E-state index in [0.29, 0.717) is 56.1 Å². The molecule has 4 bridgehead atoms. The number of benzene rings is 1. The third-order valence-corrected chi connectivity index (χ3v) is 11.0. The number of amides is 3. The molecule has 17 nitrogen and oxygen atoms in total. The summed E-state index contributed by atoms with van der Waals surface area (Å²) in [5.41, 5.74) is 6.12. The highest BCUT2D eigenvalue weighted by molar-refractivity contribution is 6.05. The summed E-state index contributed by atoms with van der Waals surface area (Å²) in [6.45, 7) is 4.56. The van der Waals surface area contributed by atoms with Gasteiger partial charge in [0.2, 0.25) is 0 Å². The molecule has 9 rings (SSSR count). The maximum Gasteiger partial charge on any atom is 0.421 e. The van der Waals surface area contributed by atoms with Crippen LogP contribution in [0.2, 0.25) is 0 Å². The van der Waals surface area contributed by atoms with Gasteiger partial charge in [0.15, 0.2) is 23.2 Å². The van der Waals surface area contributed by atoms with Gasteiger partial charge >= 0.3 is 30.5 Å². The van der Waals surface area contributed by atoms with Crippen LogP contribution in [0.4, 0.5) is 71.0 Å². The van der Waals surface area contributed by atoms with Crippen LogP contribution in [0.5, 0.6) is 5.75 Å². The van der Waals surface area contributed by atoms with Gasteiger partial charge in [0, 0.05) is 39.0 Å². The first kappa shape index (κ1) is 45.8. The molecular formula is C42H42F6N10O7. The Hall–Kier alpha value is -7.20. The highest BCUT2D eigenvalue weighted by Gasteiger charge is 2.44. The predicted molar refractivity (Wildman–Crippen MR) is 222 cm³/mol. The van der Waals surface area contributed by atoms with Crippen molar-refractivity contribution in [2.75, 3.05) is 56.8 Å². The summed E-state index contributed by atoms with van der Waals surface area (Å²) in [4.78, 5) is 73.4. The van der Waals surface area contributed by atoms with E-state index in [2.05, 4.69) is 29.7 Å². The van der Waals surface area contributed by atoms with Gasteiger partial charge in [-0.3, -0.25) is 24.7 Å². The monoisotopic (exact) mass is 912 g/mol. The van der Waals surface area contributed by atoms with Gasteiger partial charge in [-0.15, -0.1) is 0 Å². The molecule has 4 aromatic heterocycles. The number of pyridine rings is 2. The summed E-state index contributed by atoms with van der Waals surface area (Å²) < 4.78 is 91.9. The van der Waals surface area contributed by atoms with Crippen molar-refractivity contribution in [3.8, 4) is 5.75 Å². The van der Waals surface area contributed by atoms with Crippen molar-refractivity contribution in [3.63, 3.8) is 0 Å². The fraction of sp³-hybridized carbons (Fsp3) is 0.381. The summed E-state index contributed by atoms with van der Waals surface area (Å²) in [6, 6.07) is 14.0. The smallest absolute Gasteiger partial charge is 0.421 e. The normalized spacial score (nSPS) is 18.0. The maximum absolute atomic E-state index is 12.9. The molecule has 0 radical (unpaired) electrons. The third kappa shape index (κ3) is 10.6. The first-order valence-electron chi connectivity index (χ1n) is 20.3. The average molecular weight is 913 g/mol. The molecule has 3 amide bonds. The Morgan fingerprint density at radius 1 is 0.738 bits per heavy atom. The van der Waals surface area contributed by atoms with Crippen LogP contribution in [0.25, 0.3) is 0 Å². The molecule has 23 heteroatoms. The number of fused-ring (bicyclic) bond motifs is 8. The van der Waals surface area contributed by atoms with E-state index >= 15 is 0 Å². The number of para-hydroxylation sites is 1. The molecule has 344 valence electrons. The number of rotatable bonds is 8. The van der Waals surface area contributed by atoms with E-state index in [1.807, 2.05) is 9.80 Å². The number of nitrogens with two attached hydrogens (primary N) is 1. The van der Waals surface area contributed by atoms with Gasteiger partial charge in [0.1, 0.15) is 29.7 Å². The van der Waals surface area contributed by atoms with Crippen LogP contribution < -0.4 is 35.4 Å². The van der Waals surface area contributed by atoms with Crippen LogP contribution >= 0.6 is 0 Å². The number of aromatic nitrogens is 4. The zero-order valence-electron chi connectivity index (χ0n) is 34.8. The number of urea groups is 1. The second kappa shape index (κ2) is 18.9. The molecule has 2 saturated heterocycles. The zero-order chi connectivity index (χ0) is 46.6. The largest absolute Gasteiger partial charge is 0.432 e. The summed E-state index contributed by atoms with van der Waals surface area (Å²) in [6.07, 6.45) is -3.93. The zero-order valence-corrected chi connectivity index (χ0v) is 34.8. The molecule has 0 unspecified atom stereocenters. The van der Waals surface area contributed by atoms with E-state index in [-0.39, 0.29) is 47.1 Å². The Kier molecular flexibility index (Phi) is 13.3. The van der Waals surface area contributed by atoms with Crippen LogP contribution in [-0.2, 0) is 0 Å². The van der Waals surface area contributed by atoms with Crippen molar-refractivity contribution in [2.24, 2.45) is 11.8 Å². The molecule has 65 heavy (non-hydrogen) atoms. The van der Waals surface area contributed by atoms with E-state index in [9.17, 15) is 45.5 Å². The van der Waals surface area contributed by atoms with Gasteiger partial charge in [-0.25, -0.2) is 29.5 Å². The molecular weight excluding hydrogens is 871 g/mol. The molecule has 8 heterocycles.